The number of Topliss-reactive ketones (excluding diaryl/α,β-unsaturated/α-hetero) is 1. The van der Waals surface area contributed by atoms with Gasteiger partial charge in [0.05, 0.1) is 29.3 Å². The molecule has 0 aliphatic carbocycles. The quantitative estimate of drug-likeness (QED) is 0.508. The van der Waals surface area contributed by atoms with E-state index in [1.54, 1.807) is 31.1 Å². The predicted molar refractivity (Wildman–Crippen MR) is 124 cm³/mol. The molecule has 0 saturated carbocycles. The highest BCUT2D eigenvalue weighted by Crippen LogP contribution is 2.41. The number of aliphatic hydroxyl groups excluding tert-OH is 1. The van der Waals surface area contributed by atoms with Gasteiger partial charge in [-0.15, -0.1) is 11.3 Å². The third-order valence-electron chi connectivity index (χ3n) is 5.45. The molecule has 1 aromatic heterocycles. The molecule has 1 aliphatic heterocycles. The SMILES string of the molecule is CCCN1C(=O)C(O)=C(C(=O)c2sc(-c3ccccc3)nc2C)C1c1cccc(OC)c1. The number of nitrogens with zero attached hydrogens (tertiary/aromatic N) is 2. The fourth-order valence-corrected chi connectivity index (χ4v) is 4.97. The van der Waals surface area contributed by atoms with Crippen LogP contribution < -0.4 is 4.74 Å². The zero-order valence-electron chi connectivity index (χ0n) is 18.2. The highest BCUT2D eigenvalue weighted by Gasteiger charge is 2.44. The first-order chi connectivity index (χ1) is 15.5. The summed E-state index contributed by atoms with van der Waals surface area (Å²) < 4.78 is 5.34. The van der Waals surface area contributed by atoms with Crippen molar-refractivity contribution in [1.29, 1.82) is 0 Å². The summed E-state index contributed by atoms with van der Waals surface area (Å²) in [7, 11) is 1.56. The maximum absolute atomic E-state index is 13.7. The van der Waals surface area contributed by atoms with E-state index in [1.165, 1.54) is 11.3 Å². The zero-order chi connectivity index (χ0) is 22.8. The summed E-state index contributed by atoms with van der Waals surface area (Å²) in [6, 6.07) is 16.2. The topological polar surface area (TPSA) is 79.7 Å². The minimum absolute atomic E-state index is 0.0862. The van der Waals surface area contributed by atoms with Crippen LogP contribution >= 0.6 is 11.3 Å². The van der Waals surface area contributed by atoms with Crippen molar-refractivity contribution in [3.63, 3.8) is 0 Å². The van der Waals surface area contributed by atoms with Crippen LogP contribution in [0.3, 0.4) is 0 Å². The van der Waals surface area contributed by atoms with Gasteiger partial charge in [-0.1, -0.05) is 49.4 Å². The van der Waals surface area contributed by atoms with Crippen LogP contribution in [-0.2, 0) is 4.79 Å². The lowest BCUT2D eigenvalue weighted by atomic mass is 9.95. The Morgan fingerprint density at radius 1 is 1.19 bits per heavy atom. The van der Waals surface area contributed by atoms with E-state index < -0.39 is 17.7 Å². The normalized spacial score (nSPS) is 16.0. The fourth-order valence-electron chi connectivity index (χ4n) is 3.95. The van der Waals surface area contributed by atoms with Gasteiger partial charge in [0.1, 0.15) is 10.8 Å². The number of methoxy groups -OCH3 is 1. The average Bonchev–Trinajstić information content (AvgIpc) is 3.32. The molecule has 4 rings (SSSR count). The van der Waals surface area contributed by atoms with Gasteiger partial charge in [-0.05, 0) is 31.0 Å². The molecule has 0 bridgehead atoms. The number of aliphatic hydroxyl groups is 1. The Morgan fingerprint density at radius 2 is 1.94 bits per heavy atom. The third kappa shape index (κ3) is 3.80. The number of benzene rings is 2. The molecule has 1 aliphatic rings. The Balaban J connectivity index is 1.80. The maximum Gasteiger partial charge on any atom is 0.290 e. The molecular formula is C25H24N2O4S. The van der Waals surface area contributed by atoms with Crippen LogP contribution in [0.4, 0.5) is 0 Å². The van der Waals surface area contributed by atoms with Crippen LogP contribution in [-0.4, -0.2) is 40.3 Å². The Kier molecular flexibility index (Phi) is 6.10. The number of aryl methyl sites for hydroxylation is 1. The highest BCUT2D eigenvalue weighted by atomic mass is 32.1. The summed E-state index contributed by atoms with van der Waals surface area (Å²) in [6.07, 6.45) is 0.693. The van der Waals surface area contributed by atoms with Crippen molar-refractivity contribution >= 4 is 23.0 Å². The van der Waals surface area contributed by atoms with Gasteiger partial charge in [0.25, 0.3) is 5.91 Å². The third-order valence-corrected chi connectivity index (χ3v) is 6.65. The van der Waals surface area contributed by atoms with Gasteiger partial charge >= 0.3 is 0 Å². The molecule has 1 N–H and O–H groups in total. The number of hydrogen-bond acceptors (Lipinski definition) is 6. The number of carbonyl (C=O) groups is 2. The highest BCUT2D eigenvalue weighted by molar-refractivity contribution is 7.17. The number of ketones is 1. The van der Waals surface area contributed by atoms with Crippen molar-refractivity contribution in [1.82, 2.24) is 9.88 Å². The minimum atomic E-state index is -0.688. The Labute approximate surface area is 190 Å². The molecule has 0 spiro atoms. The van der Waals surface area contributed by atoms with Gasteiger partial charge in [-0.3, -0.25) is 9.59 Å². The second-order valence-electron chi connectivity index (χ2n) is 7.57. The maximum atomic E-state index is 13.7. The molecule has 7 heteroatoms. The fraction of sp³-hybridized carbons (Fsp3) is 0.240. The summed E-state index contributed by atoms with van der Waals surface area (Å²) in [5.74, 6) is -0.789. The molecule has 0 radical (unpaired) electrons. The lowest BCUT2D eigenvalue weighted by Crippen LogP contribution is -2.31. The van der Waals surface area contributed by atoms with Crippen molar-refractivity contribution in [3.8, 4) is 16.3 Å². The number of thiazole rings is 1. The second kappa shape index (κ2) is 8.96. The van der Waals surface area contributed by atoms with Crippen molar-refractivity contribution in [2.24, 2.45) is 0 Å². The lowest BCUT2D eigenvalue weighted by molar-refractivity contribution is -0.129. The first kappa shape index (κ1) is 21.8. The number of carbonyl (C=O) groups excluding carboxylic acids is 2. The van der Waals surface area contributed by atoms with Gasteiger partial charge in [0, 0.05) is 12.1 Å². The number of aromatic nitrogens is 1. The second-order valence-corrected chi connectivity index (χ2v) is 8.57. The monoisotopic (exact) mass is 448 g/mol. The number of amides is 1. The molecule has 2 heterocycles. The summed E-state index contributed by atoms with van der Waals surface area (Å²) in [5.41, 5.74) is 2.29. The van der Waals surface area contributed by atoms with Gasteiger partial charge in [0.2, 0.25) is 5.78 Å². The van der Waals surface area contributed by atoms with E-state index in [1.807, 2.05) is 49.4 Å². The molecule has 0 fully saturated rings. The molecule has 164 valence electrons. The largest absolute Gasteiger partial charge is 0.503 e. The van der Waals surface area contributed by atoms with E-state index in [2.05, 4.69) is 4.98 Å². The Morgan fingerprint density at radius 3 is 2.62 bits per heavy atom. The van der Waals surface area contributed by atoms with E-state index in [0.717, 1.165) is 10.6 Å². The summed E-state index contributed by atoms with van der Waals surface area (Å²) in [5, 5.41) is 11.5. The van der Waals surface area contributed by atoms with Gasteiger partial charge in [-0.25, -0.2) is 4.98 Å². The number of rotatable bonds is 7. The molecule has 1 amide bonds. The van der Waals surface area contributed by atoms with Gasteiger partial charge < -0.3 is 14.7 Å². The average molecular weight is 449 g/mol. The van der Waals surface area contributed by atoms with E-state index in [9.17, 15) is 14.7 Å². The summed E-state index contributed by atoms with van der Waals surface area (Å²) >= 11 is 1.27. The summed E-state index contributed by atoms with van der Waals surface area (Å²) in [4.78, 5) is 33.2. The first-order valence-electron chi connectivity index (χ1n) is 10.4. The van der Waals surface area contributed by atoms with Gasteiger partial charge in [0.15, 0.2) is 5.76 Å². The predicted octanol–water partition coefficient (Wildman–Crippen LogP) is 5.12. The van der Waals surface area contributed by atoms with E-state index >= 15 is 0 Å². The molecular weight excluding hydrogens is 424 g/mol. The number of hydrogen-bond donors (Lipinski definition) is 1. The van der Waals surface area contributed by atoms with Crippen molar-refractivity contribution < 1.29 is 19.4 Å². The zero-order valence-corrected chi connectivity index (χ0v) is 19.0. The smallest absolute Gasteiger partial charge is 0.290 e. The van der Waals surface area contributed by atoms with Crippen molar-refractivity contribution in [2.45, 2.75) is 26.3 Å². The summed E-state index contributed by atoms with van der Waals surface area (Å²) in [6.45, 7) is 4.14. The van der Waals surface area contributed by atoms with Crippen molar-refractivity contribution in [3.05, 3.63) is 82.1 Å². The molecule has 3 aromatic rings. The van der Waals surface area contributed by atoms with Crippen molar-refractivity contribution in [2.75, 3.05) is 13.7 Å². The van der Waals surface area contributed by atoms with E-state index in [-0.39, 0.29) is 11.4 Å². The van der Waals surface area contributed by atoms with Crippen LogP contribution in [0.25, 0.3) is 10.6 Å². The molecule has 1 unspecified atom stereocenters. The minimum Gasteiger partial charge on any atom is -0.503 e. The molecule has 6 nitrogen and oxygen atoms in total. The van der Waals surface area contributed by atoms with E-state index in [0.29, 0.717) is 34.8 Å². The Hall–Kier alpha value is -3.45. The van der Waals surface area contributed by atoms with Crippen LogP contribution in [0.15, 0.2) is 65.9 Å². The Bertz CT molecular complexity index is 1200. The molecule has 1 atom stereocenters. The molecule has 0 saturated heterocycles. The molecule has 2 aromatic carbocycles. The van der Waals surface area contributed by atoms with Gasteiger partial charge in [-0.2, -0.15) is 0 Å². The van der Waals surface area contributed by atoms with E-state index in [4.69, 9.17) is 4.74 Å². The molecule has 32 heavy (non-hydrogen) atoms. The van der Waals surface area contributed by atoms with Crippen LogP contribution in [0.5, 0.6) is 5.75 Å². The van der Waals surface area contributed by atoms with Crippen LogP contribution in [0.2, 0.25) is 0 Å². The van der Waals surface area contributed by atoms with Crippen LogP contribution in [0.1, 0.15) is 40.3 Å². The lowest BCUT2D eigenvalue weighted by Gasteiger charge is -2.26. The standard InChI is InChI=1S/C25H24N2O4S/c1-4-13-27-20(17-11-8-12-18(14-17)31-3)19(22(29)25(27)30)21(28)23-15(2)26-24(32-23)16-9-6-5-7-10-16/h5-12,14,20,29H,4,13H2,1-3H3. The van der Waals surface area contributed by atoms with Crippen LogP contribution in [0, 0.1) is 6.92 Å². The number of ether oxygens (including phenoxy) is 1. The first-order valence-corrected chi connectivity index (χ1v) is 11.2.